The summed E-state index contributed by atoms with van der Waals surface area (Å²) in [4.78, 5) is 28.4. The van der Waals surface area contributed by atoms with E-state index in [9.17, 15) is 9.59 Å². The average Bonchev–Trinajstić information content (AvgIpc) is 3.06. The van der Waals surface area contributed by atoms with E-state index < -0.39 is 0 Å². The monoisotopic (exact) mass is 287 g/mol. The molecule has 0 spiro atoms. The first kappa shape index (κ1) is 12.8. The van der Waals surface area contributed by atoms with Crippen molar-refractivity contribution in [1.82, 2.24) is 10.3 Å². The first-order valence-corrected chi connectivity index (χ1v) is 7.16. The van der Waals surface area contributed by atoms with Crippen LogP contribution in [-0.4, -0.2) is 16.8 Å². The average molecular weight is 287 g/mol. The predicted molar refractivity (Wildman–Crippen MR) is 77.1 cm³/mol. The van der Waals surface area contributed by atoms with Gasteiger partial charge >= 0.3 is 0 Å². The van der Waals surface area contributed by atoms with E-state index >= 15 is 0 Å². The summed E-state index contributed by atoms with van der Waals surface area (Å²) in [5.74, 6) is -0.289. The Balaban J connectivity index is 1.79. The zero-order chi connectivity index (χ0) is 14.1. The van der Waals surface area contributed by atoms with Crippen molar-refractivity contribution in [2.45, 2.75) is 19.9 Å². The predicted octanol–water partition coefficient (Wildman–Crippen LogP) is 2.20. The SMILES string of the molecule is CCc1ncc(C(=O)Nc2ccc3c(c2)C(=O)NC3)s1. The van der Waals surface area contributed by atoms with Crippen LogP contribution in [0.25, 0.3) is 0 Å². The third kappa shape index (κ3) is 2.30. The van der Waals surface area contributed by atoms with Crippen LogP contribution in [0.2, 0.25) is 0 Å². The number of anilines is 1. The van der Waals surface area contributed by atoms with Crippen molar-refractivity contribution in [3.05, 3.63) is 45.4 Å². The molecule has 0 fully saturated rings. The molecule has 0 radical (unpaired) electrons. The van der Waals surface area contributed by atoms with E-state index in [0.717, 1.165) is 17.0 Å². The third-order valence-corrected chi connectivity index (χ3v) is 4.27. The molecule has 2 aromatic rings. The Bertz CT molecular complexity index is 693. The number of thiazole rings is 1. The van der Waals surface area contributed by atoms with Crippen molar-refractivity contribution in [1.29, 1.82) is 0 Å². The highest BCUT2D eigenvalue weighted by Crippen LogP contribution is 2.21. The van der Waals surface area contributed by atoms with Gasteiger partial charge in [-0.3, -0.25) is 9.59 Å². The zero-order valence-electron chi connectivity index (χ0n) is 10.9. The number of benzene rings is 1. The molecule has 2 amide bonds. The van der Waals surface area contributed by atoms with Gasteiger partial charge in [0, 0.05) is 17.8 Å². The topological polar surface area (TPSA) is 71.1 Å². The van der Waals surface area contributed by atoms with E-state index in [-0.39, 0.29) is 11.8 Å². The van der Waals surface area contributed by atoms with Gasteiger partial charge in [0.1, 0.15) is 4.88 Å². The molecular formula is C14H13N3O2S. The summed E-state index contributed by atoms with van der Waals surface area (Å²) in [7, 11) is 0. The van der Waals surface area contributed by atoms with Crippen LogP contribution in [0.5, 0.6) is 0 Å². The second kappa shape index (κ2) is 5.05. The van der Waals surface area contributed by atoms with Crippen molar-refractivity contribution in [3.8, 4) is 0 Å². The molecule has 0 bridgehead atoms. The fourth-order valence-corrected chi connectivity index (χ4v) is 2.81. The Morgan fingerprint density at radius 2 is 2.35 bits per heavy atom. The Labute approximate surface area is 120 Å². The summed E-state index contributed by atoms with van der Waals surface area (Å²) in [6.45, 7) is 2.55. The highest BCUT2D eigenvalue weighted by Gasteiger charge is 2.19. The van der Waals surface area contributed by atoms with Crippen molar-refractivity contribution in [2.24, 2.45) is 0 Å². The second-order valence-electron chi connectivity index (χ2n) is 4.48. The minimum Gasteiger partial charge on any atom is -0.348 e. The molecule has 0 saturated carbocycles. The van der Waals surface area contributed by atoms with Gasteiger partial charge in [-0.05, 0) is 24.1 Å². The molecule has 1 aromatic carbocycles. The largest absolute Gasteiger partial charge is 0.348 e. The molecule has 5 nitrogen and oxygen atoms in total. The fraction of sp³-hybridized carbons (Fsp3) is 0.214. The lowest BCUT2D eigenvalue weighted by Crippen LogP contribution is -2.13. The Morgan fingerprint density at radius 3 is 3.10 bits per heavy atom. The van der Waals surface area contributed by atoms with Crippen molar-refractivity contribution in [2.75, 3.05) is 5.32 Å². The molecule has 2 N–H and O–H groups in total. The lowest BCUT2D eigenvalue weighted by molar-refractivity contribution is 0.0964. The minimum absolute atomic E-state index is 0.0952. The number of hydrogen-bond donors (Lipinski definition) is 2. The summed E-state index contributed by atoms with van der Waals surface area (Å²) >= 11 is 1.38. The summed E-state index contributed by atoms with van der Waals surface area (Å²) in [6, 6.07) is 5.36. The molecule has 0 atom stereocenters. The first-order valence-electron chi connectivity index (χ1n) is 6.34. The van der Waals surface area contributed by atoms with E-state index in [1.807, 2.05) is 13.0 Å². The van der Waals surface area contributed by atoms with Crippen LogP contribution in [0.3, 0.4) is 0 Å². The number of aryl methyl sites for hydroxylation is 1. The number of fused-ring (bicyclic) bond motifs is 1. The normalized spacial score (nSPS) is 12.9. The van der Waals surface area contributed by atoms with Crippen LogP contribution in [0.4, 0.5) is 5.69 Å². The van der Waals surface area contributed by atoms with Gasteiger partial charge in [-0.15, -0.1) is 11.3 Å². The first-order chi connectivity index (χ1) is 9.67. The van der Waals surface area contributed by atoms with Crippen LogP contribution in [-0.2, 0) is 13.0 Å². The maximum atomic E-state index is 12.1. The molecule has 1 aliphatic heterocycles. The van der Waals surface area contributed by atoms with E-state index in [4.69, 9.17) is 0 Å². The number of amides is 2. The molecule has 102 valence electrons. The molecule has 3 rings (SSSR count). The number of rotatable bonds is 3. The van der Waals surface area contributed by atoms with Gasteiger partial charge in [-0.2, -0.15) is 0 Å². The number of hydrogen-bond acceptors (Lipinski definition) is 4. The number of carbonyl (C=O) groups excluding carboxylic acids is 2. The maximum Gasteiger partial charge on any atom is 0.267 e. The van der Waals surface area contributed by atoms with Gasteiger partial charge < -0.3 is 10.6 Å². The van der Waals surface area contributed by atoms with Crippen LogP contribution in [0.15, 0.2) is 24.4 Å². The summed E-state index contributed by atoms with van der Waals surface area (Å²) in [5, 5.41) is 6.48. The summed E-state index contributed by atoms with van der Waals surface area (Å²) in [6.07, 6.45) is 2.40. The zero-order valence-corrected chi connectivity index (χ0v) is 11.7. The van der Waals surface area contributed by atoms with Gasteiger partial charge in [-0.25, -0.2) is 4.98 Å². The fourth-order valence-electron chi connectivity index (χ4n) is 2.06. The van der Waals surface area contributed by atoms with E-state index in [0.29, 0.717) is 22.7 Å². The number of aromatic nitrogens is 1. The molecule has 0 saturated heterocycles. The van der Waals surface area contributed by atoms with Crippen LogP contribution in [0.1, 0.15) is 37.5 Å². The number of nitrogens with zero attached hydrogens (tertiary/aromatic N) is 1. The smallest absolute Gasteiger partial charge is 0.267 e. The lowest BCUT2D eigenvalue weighted by atomic mass is 10.1. The molecule has 0 unspecified atom stereocenters. The van der Waals surface area contributed by atoms with Gasteiger partial charge in [-0.1, -0.05) is 13.0 Å². The molecule has 2 heterocycles. The minimum atomic E-state index is -0.194. The van der Waals surface area contributed by atoms with Gasteiger partial charge in [0.15, 0.2) is 0 Å². The lowest BCUT2D eigenvalue weighted by Gasteiger charge is -2.04. The van der Waals surface area contributed by atoms with E-state index in [2.05, 4.69) is 15.6 Å². The summed E-state index contributed by atoms with van der Waals surface area (Å²) < 4.78 is 0. The molecule has 6 heteroatoms. The Hall–Kier alpha value is -2.21. The van der Waals surface area contributed by atoms with Gasteiger partial charge in [0.2, 0.25) is 0 Å². The maximum absolute atomic E-state index is 12.1. The number of carbonyl (C=O) groups is 2. The van der Waals surface area contributed by atoms with E-state index in [1.165, 1.54) is 11.3 Å². The quantitative estimate of drug-likeness (QED) is 0.909. The molecule has 1 aliphatic rings. The summed E-state index contributed by atoms with van der Waals surface area (Å²) in [5.41, 5.74) is 2.21. The van der Waals surface area contributed by atoms with Crippen molar-refractivity contribution >= 4 is 28.8 Å². The van der Waals surface area contributed by atoms with Crippen molar-refractivity contribution in [3.63, 3.8) is 0 Å². The second-order valence-corrected chi connectivity index (χ2v) is 5.60. The Morgan fingerprint density at radius 1 is 1.50 bits per heavy atom. The highest BCUT2D eigenvalue weighted by atomic mass is 32.1. The molecule has 1 aromatic heterocycles. The van der Waals surface area contributed by atoms with Crippen molar-refractivity contribution < 1.29 is 9.59 Å². The molecular weight excluding hydrogens is 274 g/mol. The highest BCUT2D eigenvalue weighted by molar-refractivity contribution is 7.13. The standard InChI is InChI=1S/C14H13N3O2S/c1-2-12-15-7-11(20-12)14(19)17-9-4-3-8-6-16-13(18)10(8)5-9/h3-5,7H,2,6H2,1H3,(H,16,18)(H,17,19). The molecule has 20 heavy (non-hydrogen) atoms. The van der Waals surface area contributed by atoms with Crippen LogP contribution >= 0.6 is 11.3 Å². The number of nitrogens with one attached hydrogen (secondary N) is 2. The van der Waals surface area contributed by atoms with Crippen LogP contribution < -0.4 is 10.6 Å². The van der Waals surface area contributed by atoms with E-state index in [1.54, 1.807) is 18.3 Å². The Kier molecular flexibility index (Phi) is 3.23. The van der Waals surface area contributed by atoms with Gasteiger partial charge in [0.05, 0.1) is 11.2 Å². The van der Waals surface area contributed by atoms with Gasteiger partial charge in [0.25, 0.3) is 11.8 Å². The molecule has 0 aliphatic carbocycles. The van der Waals surface area contributed by atoms with Crippen LogP contribution in [0, 0.1) is 0 Å². The third-order valence-electron chi connectivity index (χ3n) is 3.13.